The number of methoxy groups -OCH3 is 1. The summed E-state index contributed by atoms with van der Waals surface area (Å²) in [5.74, 6) is -1.73. The molecule has 2 unspecified atom stereocenters. The molecule has 2 aromatic heterocycles. The molecule has 1 saturated heterocycles. The Hall–Kier alpha value is -2.04. The van der Waals surface area contributed by atoms with Crippen molar-refractivity contribution in [2.24, 2.45) is 0 Å². The van der Waals surface area contributed by atoms with Gasteiger partial charge in [0, 0.05) is 35.9 Å². The molecule has 0 aromatic carbocycles. The number of carboxylic acid groups (broad SMARTS) is 1. The zero-order valence-corrected chi connectivity index (χ0v) is 20.5. The lowest BCUT2D eigenvalue weighted by molar-refractivity contribution is -0.150. The minimum Gasteiger partial charge on any atom is -0.610 e. The van der Waals surface area contributed by atoms with Crippen LogP contribution in [0, 0.1) is 0 Å². The first kappa shape index (κ1) is 24.1. The summed E-state index contributed by atoms with van der Waals surface area (Å²) in [7, 11) is 1.53. The highest BCUT2D eigenvalue weighted by molar-refractivity contribution is 8.01. The second-order valence-electron chi connectivity index (χ2n) is 6.91. The Kier molecular flexibility index (Phi) is 7.65. The molecule has 176 valence electrons. The van der Waals surface area contributed by atoms with Crippen molar-refractivity contribution in [1.82, 2.24) is 25.2 Å². The number of nitrogens with zero attached hydrogens (tertiary/aromatic N) is 4. The molecule has 0 saturated carbocycles. The third-order valence-electron chi connectivity index (χ3n) is 4.78. The van der Waals surface area contributed by atoms with Gasteiger partial charge in [0.1, 0.15) is 28.9 Å². The first-order valence-electron chi connectivity index (χ1n) is 9.52. The third kappa shape index (κ3) is 5.07. The first-order chi connectivity index (χ1) is 15.9. The Morgan fingerprint density at radius 3 is 3.00 bits per heavy atom. The molecule has 2 N–H and O–H groups in total. The second kappa shape index (κ2) is 10.5. The molecular formula is C18H19N5O6S4. The average Bonchev–Trinajstić information content (AvgIpc) is 3.48. The van der Waals surface area contributed by atoms with Crippen molar-refractivity contribution in [2.75, 3.05) is 24.4 Å². The van der Waals surface area contributed by atoms with Crippen LogP contribution in [0.25, 0.3) is 0 Å². The van der Waals surface area contributed by atoms with Crippen LogP contribution in [0.1, 0.15) is 0 Å². The molecule has 4 heterocycles. The number of β-lactam (4-membered cyclic amide) rings is 1. The van der Waals surface area contributed by atoms with Crippen LogP contribution in [0.2, 0.25) is 0 Å². The summed E-state index contributed by atoms with van der Waals surface area (Å²) in [6.07, 6.45) is 1.56. The molecule has 0 aliphatic carbocycles. The van der Waals surface area contributed by atoms with Crippen LogP contribution in [-0.2, 0) is 37.0 Å². The molecule has 33 heavy (non-hydrogen) atoms. The SMILES string of the molecule is COCn1nncc1SCC1=C(C(=O)O)N2C(=O)C(NC(=O)C[S+]([O-])c3cccs3)[C@@H]2SC1. The molecule has 0 radical (unpaired) electrons. The molecule has 1 fully saturated rings. The van der Waals surface area contributed by atoms with E-state index in [-0.39, 0.29) is 18.2 Å². The lowest BCUT2D eigenvalue weighted by atomic mass is 10.0. The van der Waals surface area contributed by atoms with Crippen LogP contribution in [-0.4, -0.2) is 83.1 Å². The molecule has 2 aliphatic rings. The van der Waals surface area contributed by atoms with E-state index in [0.717, 1.165) is 0 Å². The van der Waals surface area contributed by atoms with Gasteiger partial charge in [-0.05, 0) is 17.0 Å². The first-order valence-corrected chi connectivity index (χ1v) is 13.8. The molecule has 15 heteroatoms. The normalized spacial score (nSPS) is 20.9. The highest BCUT2D eigenvalue weighted by atomic mass is 32.2. The van der Waals surface area contributed by atoms with Crippen LogP contribution in [0.3, 0.4) is 0 Å². The number of thiophene rings is 1. The standard InChI is InChI=1S/C18H19N5O6S4/c1-29-9-22-12(5-19-21-22)31-6-10-7-32-17-14(16(25)23(17)15(10)18(26)27)20-11(24)8-33(28)13-3-2-4-30-13/h2-5,14,17H,6-9H2,1H3,(H,20,24)(H,26,27)/t14?,17-,33?/m0/s1. The number of hydrogen-bond donors (Lipinski definition) is 2. The van der Waals surface area contributed by atoms with Crippen LogP contribution >= 0.6 is 34.9 Å². The highest BCUT2D eigenvalue weighted by Gasteiger charge is 2.54. The lowest BCUT2D eigenvalue weighted by Crippen LogP contribution is -2.70. The van der Waals surface area contributed by atoms with Crippen molar-refractivity contribution >= 4 is 63.8 Å². The number of thioether (sulfide) groups is 2. The van der Waals surface area contributed by atoms with Gasteiger partial charge in [-0.25, -0.2) is 9.48 Å². The minimum absolute atomic E-state index is 0.0605. The number of carbonyl (C=O) groups excluding carboxylic acids is 2. The van der Waals surface area contributed by atoms with Crippen molar-refractivity contribution in [1.29, 1.82) is 0 Å². The number of aliphatic carboxylic acids is 1. The number of rotatable bonds is 10. The second-order valence-corrected chi connectivity index (χ2v) is 11.6. The van der Waals surface area contributed by atoms with Gasteiger partial charge < -0.3 is 19.7 Å². The van der Waals surface area contributed by atoms with E-state index in [1.807, 2.05) is 0 Å². The molecule has 3 atom stereocenters. The van der Waals surface area contributed by atoms with Crippen molar-refractivity contribution in [3.05, 3.63) is 35.0 Å². The van der Waals surface area contributed by atoms with E-state index in [4.69, 9.17) is 4.74 Å². The zero-order chi connectivity index (χ0) is 23.5. The van der Waals surface area contributed by atoms with Crippen LogP contribution in [0.15, 0.2) is 44.2 Å². The Bertz CT molecular complexity index is 1070. The highest BCUT2D eigenvalue weighted by Crippen LogP contribution is 2.41. The van der Waals surface area contributed by atoms with E-state index < -0.39 is 40.4 Å². The minimum atomic E-state index is -1.49. The molecule has 2 amide bonds. The summed E-state index contributed by atoms with van der Waals surface area (Å²) in [5, 5.41) is 22.1. The number of ether oxygens (including phenoxy) is 1. The Morgan fingerprint density at radius 2 is 2.30 bits per heavy atom. The molecule has 2 aliphatic heterocycles. The zero-order valence-electron chi connectivity index (χ0n) is 17.2. The van der Waals surface area contributed by atoms with E-state index in [1.165, 1.54) is 46.9 Å². The quantitative estimate of drug-likeness (QED) is 0.254. The van der Waals surface area contributed by atoms with E-state index in [9.17, 15) is 24.0 Å². The molecule has 2 aromatic rings. The van der Waals surface area contributed by atoms with Gasteiger partial charge in [0.05, 0.1) is 6.20 Å². The number of amides is 2. The van der Waals surface area contributed by atoms with Gasteiger partial charge in [0.2, 0.25) is 4.21 Å². The number of aromatic nitrogens is 3. The van der Waals surface area contributed by atoms with Gasteiger partial charge in [0.25, 0.3) is 11.8 Å². The van der Waals surface area contributed by atoms with Gasteiger partial charge >= 0.3 is 5.97 Å². The molecule has 11 nitrogen and oxygen atoms in total. The largest absolute Gasteiger partial charge is 0.610 e. The number of nitrogens with one attached hydrogen (secondary N) is 1. The van der Waals surface area contributed by atoms with Crippen LogP contribution in [0.5, 0.6) is 0 Å². The fraction of sp³-hybridized carbons (Fsp3) is 0.389. The van der Waals surface area contributed by atoms with Crippen molar-refractivity contribution < 1.29 is 28.8 Å². The smallest absolute Gasteiger partial charge is 0.352 e. The Morgan fingerprint density at radius 1 is 1.48 bits per heavy atom. The van der Waals surface area contributed by atoms with Crippen molar-refractivity contribution in [2.45, 2.75) is 27.4 Å². The topological polar surface area (TPSA) is 150 Å². The number of hydrogen-bond acceptors (Lipinski definition) is 10. The maximum absolute atomic E-state index is 12.8. The number of carboxylic acids is 1. The van der Waals surface area contributed by atoms with E-state index in [2.05, 4.69) is 15.6 Å². The van der Waals surface area contributed by atoms with Crippen molar-refractivity contribution in [3.63, 3.8) is 0 Å². The lowest BCUT2D eigenvalue weighted by Gasteiger charge is -2.49. The summed E-state index contributed by atoms with van der Waals surface area (Å²) in [4.78, 5) is 38.3. The van der Waals surface area contributed by atoms with Gasteiger partial charge in [-0.15, -0.1) is 28.6 Å². The predicted molar refractivity (Wildman–Crippen MR) is 123 cm³/mol. The maximum Gasteiger partial charge on any atom is 0.352 e. The fourth-order valence-corrected chi connectivity index (χ4v) is 7.64. The van der Waals surface area contributed by atoms with E-state index >= 15 is 0 Å². The van der Waals surface area contributed by atoms with Gasteiger partial charge in [0.15, 0.2) is 5.75 Å². The maximum atomic E-state index is 12.8. The summed E-state index contributed by atoms with van der Waals surface area (Å²) in [5.41, 5.74) is 0.533. The third-order valence-corrected chi connectivity index (χ3v) is 9.84. The monoisotopic (exact) mass is 529 g/mol. The van der Waals surface area contributed by atoms with Crippen LogP contribution in [0.4, 0.5) is 0 Å². The molecule has 4 rings (SSSR count). The van der Waals surface area contributed by atoms with Crippen molar-refractivity contribution in [3.8, 4) is 0 Å². The van der Waals surface area contributed by atoms with Crippen LogP contribution < -0.4 is 5.32 Å². The fourth-order valence-electron chi connectivity index (χ4n) is 3.33. The molecule has 0 spiro atoms. The van der Waals surface area contributed by atoms with Gasteiger partial charge in [-0.1, -0.05) is 16.6 Å². The van der Waals surface area contributed by atoms with Gasteiger partial charge in [-0.3, -0.25) is 14.5 Å². The number of fused-ring (bicyclic) bond motifs is 1. The Balaban J connectivity index is 1.41. The van der Waals surface area contributed by atoms with E-state index in [0.29, 0.717) is 26.3 Å². The molecular weight excluding hydrogens is 510 g/mol. The summed E-state index contributed by atoms with van der Waals surface area (Å²) < 4.78 is 19.4. The van der Waals surface area contributed by atoms with E-state index in [1.54, 1.807) is 28.4 Å². The summed E-state index contributed by atoms with van der Waals surface area (Å²) in [6.45, 7) is 0.216. The molecule has 0 bridgehead atoms. The average molecular weight is 530 g/mol. The summed E-state index contributed by atoms with van der Waals surface area (Å²) >= 11 is 2.53. The number of carbonyl (C=O) groups is 3. The Labute approximate surface area is 204 Å². The van der Waals surface area contributed by atoms with Gasteiger partial charge in [-0.2, -0.15) is 0 Å². The predicted octanol–water partition coefficient (Wildman–Crippen LogP) is 0.582. The summed E-state index contributed by atoms with van der Waals surface area (Å²) in [6, 6.07) is 2.58.